The zero-order valence-corrected chi connectivity index (χ0v) is 24.3. The van der Waals surface area contributed by atoms with Gasteiger partial charge in [-0.05, 0) is 42.8 Å². The molecule has 0 amide bonds. The van der Waals surface area contributed by atoms with Gasteiger partial charge in [0.15, 0.2) is 0 Å². The Bertz CT molecular complexity index is 1200. The van der Waals surface area contributed by atoms with Gasteiger partial charge in [0.25, 0.3) is 10.1 Å². The number of fused-ring (bicyclic) bond motifs is 1. The number of hydrogen-bond acceptors (Lipinski definition) is 5. The van der Waals surface area contributed by atoms with Gasteiger partial charge in [0, 0.05) is 10.8 Å². The average Bonchev–Trinajstić information content (AvgIpc) is 2.86. The third kappa shape index (κ3) is 9.94. The standard InChI is InChI=1S/C28H36N2O4S.Na.H/c1-2-3-4-5-6-7-8-9-10-13-22-34-28-21-20-27(25-14-11-12-15-26(25)28)30-29-23-16-18-24(19-17-23)35(31,32)33;;/h11-12,14-21H,2-10,13,22H2,1H3,(H,31,32,33);;/q;+1;-1. The van der Waals surface area contributed by atoms with Gasteiger partial charge in [-0.3, -0.25) is 4.55 Å². The van der Waals surface area contributed by atoms with Crippen molar-refractivity contribution in [3.8, 4) is 5.75 Å². The van der Waals surface area contributed by atoms with Gasteiger partial charge in [0.2, 0.25) is 0 Å². The first-order valence-corrected chi connectivity index (χ1v) is 14.1. The van der Waals surface area contributed by atoms with Gasteiger partial charge < -0.3 is 6.16 Å². The maximum Gasteiger partial charge on any atom is 1.00 e. The summed E-state index contributed by atoms with van der Waals surface area (Å²) in [6.07, 6.45) is 12.9. The maximum absolute atomic E-state index is 11.2. The Kier molecular flexibility index (Phi) is 13.7. The van der Waals surface area contributed by atoms with E-state index in [0.29, 0.717) is 18.0 Å². The molecule has 36 heavy (non-hydrogen) atoms. The molecule has 3 rings (SSSR count). The molecule has 0 saturated carbocycles. The molecular formula is C28H37N2NaO4S. The second-order valence-electron chi connectivity index (χ2n) is 8.83. The van der Waals surface area contributed by atoms with E-state index >= 15 is 0 Å². The zero-order chi connectivity index (χ0) is 24.9. The third-order valence-corrected chi connectivity index (χ3v) is 6.89. The molecule has 0 atom stereocenters. The molecule has 8 heteroatoms. The topological polar surface area (TPSA) is 88.3 Å². The Morgan fingerprint density at radius 1 is 0.750 bits per heavy atom. The van der Waals surface area contributed by atoms with Crippen LogP contribution >= 0.6 is 0 Å². The van der Waals surface area contributed by atoms with E-state index in [4.69, 9.17) is 9.29 Å². The van der Waals surface area contributed by atoms with Crippen molar-refractivity contribution in [3.63, 3.8) is 0 Å². The first-order valence-electron chi connectivity index (χ1n) is 12.6. The Morgan fingerprint density at radius 2 is 1.33 bits per heavy atom. The summed E-state index contributed by atoms with van der Waals surface area (Å²) < 4.78 is 37.6. The van der Waals surface area contributed by atoms with Crippen LogP contribution in [0, 0.1) is 0 Å². The van der Waals surface area contributed by atoms with E-state index in [1.807, 2.05) is 36.4 Å². The van der Waals surface area contributed by atoms with Crippen LogP contribution in [0.4, 0.5) is 11.4 Å². The Balaban J connectivity index is 0.00000342. The smallest absolute Gasteiger partial charge is 1.00 e. The number of nitrogens with zero attached hydrogens (tertiary/aromatic N) is 2. The summed E-state index contributed by atoms with van der Waals surface area (Å²) in [6, 6.07) is 17.3. The Morgan fingerprint density at radius 3 is 1.94 bits per heavy atom. The number of unbranched alkanes of at least 4 members (excludes halogenated alkanes) is 9. The van der Waals surface area contributed by atoms with Crippen LogP contribution in [0.25, 0.3) is 10.8 Å². The van der Waals surface area contributed by atoms with Crippen LogP contribution in [0.2, 0.25) is 0 Å². The zero-order valence-electron chi connectivity index (χ0n) is 22.5. The quantitative estimate of drug-likeness (QED) is 0.117. The van der Waals surface area contributed by atoms with Crippen molar-refractivity contribution < 1.29 is 48.7 Å². The molecule has 0 bridgehead atoms. The number of benzene rings is 3. The van der Waals surface area contributed by atoms with E-state index < -0.39 is 10.1 Å². The predicted octanol–water partition coefficient (Wildman–Crippen LogP) is 5.92. The van der Waals surface area contributed by atoms with Crippen molar-refractivity contribution in [2.75, 3.05) is 6.61 Å². The van der Waals surface area contributed by atoms with E-state index in [-0.39, 0.29) is 35.9 Å². The van der Waals surface area contributed by atoms with E-state index in [1.165, 1.54) is 82.1 Å². The molecule has 0 heterocycles. The summed E-state index contributed by atoms with van der Waals surface area (Å²) in [6.45, 7) is 2.95. The largest absolute Gasteiger partial charge is 1.00 e. The van der Waals surface area contributed by atoms with Gasteiger partial charge in [-0.15, -0.1) is 5.11 Å². The number of hydrogen-bond donors (Lipinski definition) is 1. The molecule has 3 aromatic rings. The van der Waals surface area contributed by atoms with Gasteiger partial charge in [-0.1, -0.05) is 89.0 Å². The van der Waals surface area contributed by atoms with Gasteiger partial charge in [0.05, 0.1) is 22.9 Å². The van der Waals surface area contributed by atoms with E-state index in [9.17, 15) is 8.42 Å². The molecule has 190 valence electrons. The van der Waals surface area contributed by atoms with Crippen molar-refractivity contribution in [1.82, 2.24) is 0 Å². The molecule has 0 spiro atoms. The number of rotatable bonds is 15. The second kappa shape index (κ2) is 16.2. The van der Waals surface area contributed by atoms with Crippen LogP contribution in [0.15, 0.2) is 75.8 Å². The SMILES string of the molecule is CCCCCCCCCCCCOc1ccc(N=Nc2ccc(S(=O)(=O)O)cc2)c2ccccc12.[H-].[Na+]. The first-order chi connectivity index (χ1) is 17.0. The van der Waals surface area contributed by atoms with Crippen LogP contribution < -0.4 is 34.3 Å². The van der Waals surface area contributed by atoms with E-state index in [0.717, 1.165) is 22.9 Å². The minimum absolute atomic E-state index is 0. The maximum atomic E-state index is 11.2. The number of ether oxygens (including phenoxy) is 1. The van der Waals surface area contributed by atoms with Gasteiger partial charge in [-0.2, -0.15) is 13.5 Å². The molecule has 1 N–H and O–H groups in total. The molecule has 3 aromatic carbocycles. The number of azo groups is 1. The Labute approximate surface area is 239 Å². The molecule has 0 aromatic heterocycles. The molecule has 0 aliphatic heterocycles. The van der Waals surface area contributed by atoms with Crippen LogP contribution in [-0.2, 0) is 10.1 Å². The van der Waals surface area contributed by atoms with Gasteiger partial charge >= 0.3 is 29.6 Å². The normalized spacial score (nSPS) is 11.6. The molecule has 0 saturated heterocycles. The summed E-state index contributed by atoms with van der Waals surface area (Å²) in [5.74, 6) is 0.841. The van der Waals surface area contributed by atoms with Crippen LogP contribution in [0.1, 0.15) is 72.6 Å². The van der Waals surface area contributed by atoms with Crippen molar-refractivity contribution in [3.05, 3.63) is 60.7 Å². The molecule has 0 fully saturated rings. The van der Waals surface area contributed by atoms with Crippen molar-refractivity contribution in [1.29, 1.82) is 0 Å². The van der Waals surface area contributed by atoms with E-state index in [2.05, 4.69) is 17.2 Å². The van der Waals surface area contributed by atoms with Gasteiger partial charge in [-0.25, -0.2) is 0 Å². The first kappa shape index (κ1) is 30.5. The Hall–Kier alpha value is -1.77. The minimum Gasteiger partial charge on any atom is -1.00 e. The third-order valence-electron chi connectivity index (χ3n) is 6.02. The van der Waals surface area contributed by atoms with Crippen LogP contribution in [0.3, 0.4) is 0 Å². The minimum atomic E-state index is -4.23. The monoisotopic (exact) mass is 520 g/mol. The van der Waals surface area contributed by atoms with Gasteiger partial charge in [0.1, 0.15) is 5.75 Å². The molecular weight excluding hydrogens is 483 g/mol. The van der Waals surface area contributed by atoms with Crippen molar-refractivity contribution in [2.45, 2.75) is 76.0 Å². The molecule has 0 aliphatic rings. The fourth-order valence-electron chi connectivity index (χ4n) is 4.04. The fourth-order valence-corrected chi connectivity index (χ4v) is 4.52. The summed E-state index contributed by atoms with van der Waals surface area (Å²) in [4.78, 5) is -0.175. The summed E-state index contributed by atoms with van der Waals surface area (Å²) in [7, 11) is -4.23. The average molecular weight is 521 g/mol. The summed E-state index contributed by atoms with van der Waals surface area (Å²) in [5.41, 5.74) is 1.19. The van der Waals surface area contributed by atoms with E-state index in [1.54, 1.807) is 0 Å². The summed E-state index contributed by atoms with van der Waals surface area (Å²) in [5, 5.41) is 10.5. The predicted molar refractivity (Wildman–Crippen MR) is 143 cm³/mol. The van der Waals surface area contributed by atoms with Crippen molar-refractivity contribution in [2.24, 2.45) is 10.2 Å². The summed E-state index contributed by atoms with van der Waals surface area (Å²) >= 11 is 0. The van der Waals surface area contributed by atoms with Crippen LogP contribution in [-0.4, -0.2) is 19.6 Å². The molecule has 0 aliphatic carbocycles. The molecule has 6 nitrogen and oxygen atoms in total. The molecule has 0 unspecified atom stereocenters. The van der Waals surface area contributed by atoms with Crippen molar-refractivity contribution >= 4 is 32.3 Å². The van der Waals surface area contributed by atoms with Crippen LogP contribution in [0.5, 0.6) is 5.75 Å². The fraction of sp³-hybridized carbons (Fsp3) is 0.429. The molecule has 0 radical (unpaired) electrons. The second-order valence-corrected chi connectivity index (χ2v) is 10.2.